The molecule has 3 N–H and O–H groups in total. The molecule has 2 aliphatic rings. The van der Waals surface area contributed by atoms with Crippen molar-refractivity contribution in [2.45, 2.75) is 25.8 Å². The summed E-state index contributed by atoms with van der Waals surface area (Å²) < 4.78 is 5.34. The molecule has 0 aromatic heterocycles. The number of nitrogens with one attached hydrogen (secondary N) is 3. The van der Waals surface area contributed by atoms with Gasteiger partial charge in [-0.15, -0.1) is 0 Å². The van der Waals surface area contributed by atoms with Crippen molar-refractivity contribution >= 4 is 17.6 Å². The van der Waals surface area contributed by atoms with Crippen molar-refractivity contribution in [1.82, 2.24) is 10.6 Å². The molecule has 1 atom stereocenters. The predicted molar refractivity (Wildman–Crippen MR) is 99.5 cm³/mol. The van der Waals surface area contributed by atoms with Crippen LogP contribution < -0.4 is 20.4 Å². The van der Waals surface area contributed by atoms with Gasteiger partial charge in [-0.2, -0.15) is 0 Å². The Morgan fingerprint density at radius 2 is 2.00 bits per heavy atom. The molecular weight excluding hydrogens is 332 g/mol. The average Bonchev–Trinajstić information content (AvgIpc) is 3.00. The van der Waals surface area contributed by atoms with Crippen LogP contribution in [0.4, 0.5) is 10.5 Å². The van der Waals surface area contributed by atoms with Gasteiger partial charge < -0.3 is 25.2 Å². The molecule has 2 saturated heterocycles. The van der Waals surface area contributed by atoms with E-state index in [1.165, 1.54) is 4.90 Å². The van der Waals surface area contributed by atoms with Crippen LogP contribution in [0.5, 0.6) is 0 Å². The van der Waals surface area contributed by atoms with Crippen molar-refractivity contribution in [3.63, 3.8) is 0 Å². The summed E-state index contributed by atoms with van der Waals surface area (Å²) in [4.78, 5) is 27.6. The van der Waals surface area contributed by atoms with E-state index in [1.54, 1.807) is 4.90 Å². The van der Waals surface area contributed by atoms with Gasteiger partial charge in [-0.1, -0.05) is 17.7 Å². The van der Waals surface area contributed by atoms with Gasteiger partial charge in [-0.25, -0.2) is 4.79 Å². The Balaban J connectivity index is 1.36. The zero-order valence-corrected chi connectivity index (χ0v) is 15.4. The van der Waals surface area contributed by atoms with Gasteiger partial charge in [-0.05, 0) is 19.1 Å². The highest BCUT2D eigenvalue weighted by atomic mass is 16.5. The standard InChI is InChI=1S/C19H28N4O3/c1-15-3-5-17(6-4-15)23-14-16(13-18(23)24)21-19(25)20-7-2-8-22-9-11-26-12-10-22/h3-6,16H,2,7-14H2,1H3,(H2,20,21,25)/p+1/t16-/m1/s1. The largest absolute Gasteiger partial charge is 0.370 e. The Hall–Kier alpha value is -2.12. The molecule has 3 amide bonds. The fourth-order valence-corrected chi connectivity index (χ4v) is 3.47. The zero-order valence-electron chi connectivity index (χ0n) is 15.4. The van der Waals surface area contributed by atoms with E-state index < -0.39 is 0 Å². The first kappa shape index (κ1) is 18.7. The van der Waals surface area contributed by atoms with Gasteiger partial charge in [0.05, 0.1) is 25.8 Å². The molecule has 0 aliphatic carbocycles. The van der Waals surface area contributed by atoms with E-state index in [0.717, 1.165) is 50.5 Å². The van der Waals surface area contributed by atoms with E-state index in [9.17, 15) is 9.59 Å². The quantitative estimate of drug-likeness (QED) is 0.610. The average molecular weight is 361 g/mol. The summed E-state index contributed by atoms with van der Waals surface area (Å²) in [6.07, 6.45) is 1.29. The van der Waals surface area contributed by atoms with Crippen LogP contribution >= 0.6 is 0 Å². The number of hydrogen-bond acceptors (Lipinski definition) is 3. The number of aryl methyl sites for hydroxylation is 1. The Bertz CT molecular complexity index is 614. The number of rotatable bonds is 6. The molecule has 26 heavy (non-hydrogen) atoms. The van der Waals surface area contributed by atoms with Gasteiger partial charge in [-0.3, -0.25) is 4.79 Å². The first-order valence-corrected chi connectivity index (χ1v) is 9.44. The summed E-state index contributed by atoms with van der Waals surface area (Å²) in [6.45, 7) is 7.99. The Morgan fingerprint density at radius 1 is 1.27 bits per heavy atom. The minimum atomic E-state index is -0.189. The maximum absolute atomic E-state index is 12.2. The van der Waals surface area contributed by atoms with Gasteiger partial charge >= 0.3 is 6.03 Å². The summed E-state index contributed by atoms with van der Waals surface area (Å²) in [6, 6.07) is 7.55. The zero-order chi connectivity index (χ0) is 18.4. The normalized spacial score (nSPS) is 21.0. The van der Waals surface area contributed by atoms with Crippen molar-refractivity contribution in [3.8, 4) is 0 Å². The molecule has 2 aliphatic heterocycles. The second-order valence-electron chi connectivity index (χ2n) is 7.11. The SMILES string of the molecule is Cc1ccc(N2C[C@H](NC(=O)NCCC[NH+]3CCOCC3)CC2=O)cc1. The maximum Gasteiger partial charge on any atom is 0.315 e. The molecule has 0 spiro atoms. The fourth-order valence-electron chi connectivity index (χ4n) is 3.47. The summed E-state index contributed by atoms with van der Waals surface area (Å²) in [7, 11) is 0. The van der Waals surface area contributed by atoms with Crippen molar-refractivity contribution in [3.05, 3.63) is 29.8 Å². The summed E-state index contributed by atoms with van der Waals surface area (Å²) in [5.74, 6) is 0.0510. The van der Waals surface area contributed by atoms with Crippen molar-refractivity contribution in [2.24, 2.45) is 0 Å². The fraction of sp³-hybridized carbons (Fsp3) is 0.579. The van der Waals surface area contributed by atoms with Crippen LogP contribution in [0.15, 0.2) is 24.3 Å². The van der Waals surface area contributed by atoms with Gasteiger partial charge in [0.15, 0.2) is 0 Å². The third-order valence-corrected chi connectivity index (χ3v) is 5.00. The minimum Gasteiger partial charge on any atom is -0.370 e. The number of morpholine rings is 1. The molecule has 0 saturated carbocycles. The molecule has 7 nitrogen and oxygen atoms in total. The smallest absolute Gasteiger partial charge is 0.315 e. The van der Waals surface area contributed by atoms with Gasteiger partial charge in [0.1, 0.15) is 13.1 Å². The van der Waals surface area contributed by atoms with Crippen LogP contribution in [0, 0.1) is 6.92 Å². The maximum atomic E-state index is 12.2. The number of amides is 3. The molecule has 2 heterocycles. The lowest BCUT2D eigenvalue weighted by molar-refractivity contribution is -0.908. The second kappa shape index (κ2) is 9.00. The highest BCUT2D eigenvalue weighted by Crippen LogP contribution is 2.21. The predicted octanol–water partition coefficient (Wildman–Crippen LogP) is -0.295. The second-order valence-corrected chi connectivity index (χ2v) is 7.11. The molecule has 2 fully saturated rings. The number of carbonyl (C=O) groups is 2. The first-order chi connectivity index (χ1) is 12.6. The van der Waals surface area contributed by atoms with E-state index in [2.05, 4.69) is 10.6 Å². The van der Waals surface area contributed by atoms with Crippen molar-refractivity contribution in [2.75, 3.05) is 50.8 Å². The number of nitrogens with zero attached hydrogens (tertiary/aromatic N) is 1. The van der Waals surface area contributed by atoms with Crippen LogP contribution in [0.3, 0.4) is 0 Å². The number of benzene rings is 1. The minimum absolute atomic E-state index is 0.0510. The van der Waals surface area contributed by atoms with Crippen LogP contribution in [0.2, 0.25) is 0 Å². The molecule has 0 unspecified atom stereocenters. The Morgan fingerprint density at radius 3 is 2.73 bits per heavy atom. The summed E-state index contributed by atoms with van der Waals surface area (Å²) in [5, 5.41) is 5.82. The van der Waals surface area contributed by atoms with E-state index in [4.69, 9.17) is 4.74 Å². The number of urea groups is 1. The van der Waals surface area contributed by atoms with Crippen LogP contribution in [0.25, 0.3) is 0 Å². The van der Waals surface area contributed by atoms with E-state index >= 15 is 0 Å². The number of carbonyl (C=O) groups excluding carboxylic acids is 2. The monoisotopic (exact) mass is 361 g/mol. The number of quaternary nitrogens is 1. The summed E-state index contributed by atoms with van der Waals surface area (Å²) >= 11 is 0. The highest BCUT2D eigenvalue weighted by molar-refractivity contribution is 5.96. The number of anilines is 1. The molecule has 1 aromatic rings. The lowest BCUT2D eigenvalue weighted by Gasteiger charge is -2.23. The van der Waals surface area contributed by atoms with Crippen LogP contribution in [-0.2, 0) is 9.53 Å². The van der Waals surface area contributed by atoms with E-state index in [1.807, 2.05) is 31.2 Å². The number of hydrogen-bond donors (Lipinski definition) is 3. The number of ether oxygens (including phenoxy) is 1. The van der Waals surface area contributed by atoms with Gasteiger partial charge in [0.2, 0.25) is 5.91 Å². The molecular formula is C19H29N4O3+. The van der Waals surface area contributed by atoms with Crippen molar-refractivity contribution < 1.29 is 19.2 Å². The summed E-state index contributed by atoms with van der Waals surface area (Å²) in [5.41, 5.74) is 2.05. The molecule has 0 bridgehead atoms. The van der Waals surface area contributed by atoms with Crippen LogP contribution in [-0.4, -0.2) is 63.9 Å². The third kappa shape index (κ3) is 5.19. The Labute approximate surface area is 154 Å². The first-order valence-electron chi connectivity index (χ1n) is 9.44. The van der Waals surface area contributed by atoms with Crippen LogP contribution in [0.1, 0.15) is 18.4 Å². The molecule has 0 radical (unpaired) electrons. The van der Waals surface area contributed by atoms with Crippen molar-refractivity contribution in [1.29, 1.82) is 0 Å². The highest BCUT2D eigenvalue weighted by Gasteiger charge is 2.31. The van der Waals surface area contributed by atoms with Gasteiger partial charge in [0.25, 0.3) is 0 Å². The molecule has 1 aromatic carbocycles. The lowest BCUT2D eigenvalue weighted by Crippen LogP contribution is -3.14. The van der Waals surface area contributed by atoms with E-state index in [-0.39, 0.29) is 18.0 Å². The Kier molecular flexibility index (Phi) is 6.46. The molecule has 142 valence electrons. The topological polar surface area (TPSA) is 75.1 Å². The lowest BCUT2D eigenvalue weighted by atomic mass is 10.2. The molecule has 3 rings (SSSR count). The molecule has 7 heteroatoms. The van der Waals surface area contributed by atoms with Gasteiger partial charge in [0, 0.05) is 31.6 Å². The van der Waals surface area contributed by atoms with E-state index in [0.29, 0.717) is 19.5 Å². The third-order valence-electron chi connectivity index (χ3n) is 5.00.